The van der Waals surface area contributed by atoms with E-state index in [2.05, 4.69) is 4.99 Å². The van der Waals surface area contributed by atoms with Gasteiger partial charge in [0.25, 0.3) is 5.91 Å². The Balaban J connectivity index is 1.85. The maximum Gasteiger partial charge on any atom is 0.410 e. The van der Waals surface area contributed by atoms with Gasteiger partial charge in [0.2, 0.25) is 0 Å². The molecule has 2 amide bonds. The minimum atomic E-state index is -0.529. The van der Waals surface area contributed by atoms with Gasteiger partial charge in [-0.1, -0.05) is 12.1 Å². The molecule has 1 aliphatic heterocycles. The lowest BCUT2D eigenvalue weighted by Crippen LogP contribution is -2.53. The van der Waals surface area contributed by atoms with E-state index in [0.717, 1.165) is 5.56 Å². The molecule has 0 saturated carbocycles. The summed E-state index contributed by atoms with van der Waals surface area (Å²) in [5.41, 5.74) is 11.6. The highest BCUT2D eigenvalue weighted by molar-refractivity contribution is 5.78. The van der Waals surface area contributed by atoms with Crippen molar-refractivity contribution in [2.45, 2.75) is 32.9 Å². The number of nitrogens with two attached hydrogens (primary N) is 2. The quantitative estimate of drug-likeness (QED) is 0.568. The van der Waals surface area contributed by atoms with Crippen LogP contribution in [0, 0.1) is 0 Å². The molecule has 0 bridgehead atoms. The Bertz CT molecular complexity index is 721. The van der Waals surface area contributed by atoms with E-state index in [1.807, 2.05) is 37.8 Å². The van der Waals surface area contributed by atoms with Gasteiger partial charge in [0.1, 0.15) is 11.4 Å². The molecule has 9 nitrogen and oxygen atoms in total. The van der Waals surface area contributed by atoms with Gasteiger partial charge in [-0.3, -0.25) is 4.79 Å². The van der Waals surface area contributed by atoms with Crippen LogP contribution in [0.3, 0.4) is 0 Å². The smallest absolute Gasteiger partial charge is 0.410 e. The second-order valence-electron chi connectivity index (χ2n) is 7.53. The number of hydrogen-bond donors (Lipinski definition) is 2. The summed E-state index contributed by atoms with van der Waals surface area (Å²) in [6.45, 7) is 8.00. The van der Waals surface area contributed by atoms with Crippen molar-refractivity contribution in [2.75, 3.05) is 32.8 Å². The molecule has 1 heterocycles. The minimum Gasteiger partial charge on any atom is -0.484 e. The third kappa shape index (κ3) is 6.98. The van der Waals surface area contributed by atoms with Gasteiger partial charge in [-0.15, -0.1) is 0 Å². The van der Waals surface area contributed by atoms with E-state index < -0.39 is 11.5 Å². The van der Waals surface area contributed by atoms with E-state index in [9.17, 15) is 9.59 Å². The molecule has 1 aromatic carbocycles. The summed E-state index contributed by atoms with van der Waals surface area (Å²) < 4.78 is 10.7. The van der Waals surface area contributed by atoms with Gasteiger partial charge in [-0.05, 0) is 38.5 Å². The van der Waals surface area contributed by atoms with E-state index in [4.69, 9.17) is 20.9 Å². The Morgan fingerprint density at radius 1 is 1.11 bits per heavy atom. The number of piperazine rings is 1. The van der Waals surface area contributed by atoms with Gasteiger partial charge in [-0.2, -0.15) is 0 Å². The molecule has 0 spiro atoms. The molecule has 4 N–H and O–H groups in total. The van der Waals surface area contributed by atoms with E-state index in [1.54, 1.807) is 17.0 Å². The first kappa shape index (κ1) is 21.3. The first-order valence-electron chi connectivity index (χ1n) is 9.17. The van der Waals surface area contributed by atoms with Crippen LogP contribution in [0.5, 0.6) is 5.75 Å². The number of amides is 2. The van der Waals surface area contributed by atoms with Crippen LogP contribution in [0.25, 0.3) is 0 Å². The van der Waals surface area contributed by atoms with Crippen LogP contribution < -0.4 is 16.2 Å². The molecule has 0 aliphatic carbocycles. The Hall–Kier alpha value is -2.97. The first-order valence-corrected chi connectivity index (χ1v) is 9.17. The maximum atomic E-state index is 12.1. The highest BCUT2D eigenvalue weighted by Gasteiger charge is 2.26. The number of hydrogen-bond acceptors (Lipinski definition) is 5. The SMILES string of the molecule is CC(C)(C)OC(=O)N1CCN(C(N)=NCc2cccc(OCC(N)=O)c2)CC1. The molecule has 0 unspecified atom stereocenters. The summed E-state index contributed by atoms with van der Waals surface area (Å²) in [5.74, 6) is 0.446. The minimum absolute atomic E-state index is 0.170. The van der Waals surface area contributed by atoms with Gasteiger partial charge >= 0.3 is 6.09 Å². The predicted octanol–water partition coefficient (Wildman–Crippen LogP) is 0.918. The Morgan fingerprint density at radius 3 is 2.36 bits per heavy atom. The van der Waals surface area contributed by atoms with Crippen molar-refractivity contribution in [3.63, 3.8) is 0 Å². The van der Waals surface area contributed by atoms with E-state index in [0.29, 0.717) is 44.4 Å². The maximum absolute atomic E-state index is 12.1. The van der Waals surface area contributed by atoms with Crippen molar-refractivity contribution < 1.29 is 19.1 Å². The van der Waals surface area contributed by atoms with Crippen LogP contribution in [0.15, 0.2) is 29.3 Å². The van der Waals surface area contributed by atoms with Crippen LogP contribution in [-0.2, 0) is 16.1 Å². The Morgan fingerprint density at radius 2 is 1.75 bits per heavy atom. The molecule has 2 rings (SSSR count). The summed E-state index contributed by atoms with van der Waals surface area (Å²) in [7, 11) is 0. The molecule has 1 saturated heterocycles. The summed E-state index contributed by atoms with van der Waals surface area (Å²) in [5, 5.41) is 0. The average Bonchev–Trinajstić information content (AvgIpc) is 2.63. The van der Waals surface area contributed by atoms with Crippen LogP contribution in [0.1, 0.15) is 26.3 Å². The number of benzene rings is 1. The molecule has 154 valence electrons. The standard InChI is InChI=1S/C19H29N5O4/c1-19(2,3)28-18(26)24-9-7-23(8-10-24)17(21)22-12-14-5-4-6-15(11-14)27-13-16(20)25/h4-6,11H,7-10,12-13H2,1-3H3,(H2,20,25)(H2,21,22). The fourth-order valence-corrected chi connectivity index (χ4v) is 2.60. The lowest BCUT2D eigenvalue weighted by molar-refractivity contribution is -0.119. The molecule has 1 aliphatic rings. The van der Waals surface area contributed by atoms with Gasteiger partial charge in [0.15, 0.2) is 12.6 Å². The van der Waals surface area contributed by atoms with Gasteiger partial charge < -0.3 is 30.7 Å². The molecule has 0 atom stereocenters. The van der Waals surface area contributed by atoms with Crippen LogP contribution in [0.4, 0.5) is 4.79 Å². The number of guanidine groups is 1. The topological polar surface area (TPSA) is 123 Å². The highest BCUT2D eigenvalue weighted by atomic mass is 16.6. The molecular formula is C19H29N5O4. The molecule has 9 heteroatoms. The molecule has 1 fully saturated rings. The van der Waals surface area contributed by atoms with Crippen molar-refractivity contribution in [1.82, 2.24) is 9.80 Å². The Kier molecular flexibility index (Phi) is 7.08. The zero-order valence-electron chi connectivity index (χ0n) is 16.7. The van der Waals surface area contributed by atoms with Crippen molar-refractivity contribution in [3.8, 4) is 5.75 Å². The van der Waals surface area contributed by atoms with E-state index in [-0.39, 0.29) is 12.7 Å². The van der Waals surface area contributed by atoms with Gasteiger partial charge in [-0.25, -0.2) is 9.79 Å². The predicted molar refractivity (Wildman–Crippen MR) is 106 cm³/mol. The zero-order valence-corrected chi connectivity index (χ0v) is 16.7. The summed E-state index contributed by atoms with van der Waals surface area (Å²) in [6.07, 6.45) is -0.310. The van der Waals surface area contributed by atoms with Crippen molar-refractivity contribution in [3.05, 3.63) is 29.8 Å². The molecular weight excluding hydrogens is 362 g/mol. The molecule has 1 aromatic rings. The number of ether oxygens (including phenoxy) is 2. The molecule has 28 heavy (non-hydrogen) atoms. The summed E-state index contributed by atoms with van der Waals surface area (Å²) in [6, 6.07) is 7.25. The van der Waals surface area contributed by atoms with Crippen molar-refractivity contribution in [1.29, 1.82) is 0 Å². The summed E-state index contributed by atoms with van der Waals surface area (Å²) in [4.78, 5) is 30.9. The molecule has 0 radical (unpaired) electrons. The highest BCUT2D eigenvalue weighted by Crippen LogP contribution is 2.15. The zero-order chi connectivity index (χ0) is 20.7. The normalized spacial score (nSPS) is 15.3. The van der Waals surface area contributed by atoms with Crippen LogP contribution >= 0.6 is 0 Å². The number of rotatable bonds is 5. The second-order valence-corrected chi connectivity index (χ2v) is 7.53. The van der Waals surface area contributed by atoms with Gasteiger partial charge in [0, 0.05) is 26.2 Å². The second kappa shape index (κ2) is 9.29. The number of carbonyl (C=O) groups is 2. The third-order valence-corrected chi connectivity index (χ3v) is 3.96. The fourth-order valence-electron chi connectivity index (χ4n) is 2.60. The monoisotopic (exact) mass is 391 g/mol. The van der Waals surface area contributed by atoms with E-state index in [1.165, 1.54) is 0 Å². The number of nitrogens with zero attached hydrogens (tertiary/aromatic N) is 3. The average molecular weight is 391 g/mol. The first-order chi connectivity index (χ1) is 13.1. The fraction of sp³-hybridized carbons (Fsp3) is 0.526. The lowest BCUT2D eigenvalue weighted by atomic mass is 10.2. The third-order valence-electron chi connectivity index (χ3n) is 3.96. The van der Waals surface area contributed by atoms with Crippen LogP contribution in [-0.4, -0.2) is 66.1 Å². The number of carbonyl (C=O) groups excluding carboxylic acids is 2. The number of primary amides is 1. The van der Waals surface area contributed by atoms with E-state index >= 15 is 0 Å². The van der Waals surface area contributed by atoms with Crippen LogP contribution in [0.2, 0.25) is 0 Å². The largest absolute Gasteiger partial charge is 0.484 e. The van der Waals surface area contributed by atoms with Gasteiger partial charge in [0.05, 0.1) is 6.54 Å². The van der Waals surface area contributed by atoms with Crippen molar-refractivity contribution >= 4 is 18.0 Å². The summed E-state index contributed by atoms with van der Waals surface area (Å²) >= 11 is 0. The van der Waals surface area contributed by atoms with Crippen molar-refractivity contribution in [2.24, 2.45) is 16.5 Å². The number of aliphatic imine (C=N–C) groups is 1. The molecule has 0 aromatic heterocycles. The lowest BCUT2D eigenvalue weighted by Gasteiger charge is -2.36. The Labute approximate surface area is 165 Å².